The molecule has 16 nitrogen and oxygen atoms in total. The van der Waals surface area contributed by atoms with E-state index in [-0.39, 0.29) is 59.1 Å². The van der Waals surface area contributed by atoms with Crippen LogP contribution in [0.15, 0.2) is 0 Å². The maximum Gasteiger partial charge on any atom is 1.00 e. The fraction of sp³-hybridized carbons (Fsp3) is 0.909. The average Bonchev–Trinajstić information content (AvgIpc) is 3.19. The Kier molecular flexibility index (Phi) is 45.6. The van der Waals surface area contributed by atoms with Gasteiger partial charge >= 0.3 is 71.1 Å². The Labute approximate surface area is 430 Å². The molecule has 20 heteroatoms. The molecule has 2 N–H and O–H groups in total. The van der Waals surface area contributed by atoms with Gasteiger partial charge < -0.3 is 19.8 Å². The smallest absolute Gasteiger partial charge is 0.550 e. The Balaban J connectivity index is -0.000000545. The van der Waals surface area contributed by atoms with Gasteiger partial charge in [0.25, 0.3) is 20.2 Å². The molecule has 0 amide bonds. The number of carboxylic acid groups (broad SMARTS) is 2. The first kappa shape index (κ1) is 70.2. The first-order chi connectivity index (χ1) is 29.1. The molecule has 0 fully saturated rings. The van der Waals surface area contributed by atoms with Crippen molar-refractivity contribution in [3.8, 4) is 0 Å². The van der Waals surface area contributed by atoms with Crippen LogP contribution in [0.5, 0.6) is 0 Å². The summed E-state index contributed by atoms with van der Waals surface area (Å²) in [5.74, 6) is -6.49. The first-order valence-corrected chi connectivity index (χ1v) is 26.2. The average molecular weight is 977 g/mol. The summed E-state index contributed by atoms with van der Waals surface area (Å²) in [5, 5.41) is 16.9. The Hall–Kier alpha value is -0.380. The number of carboxylic acids is 2. The maximum absolute atomic E-state index is 12.1. The van der Waals surface area contributed by atoms with Gasteiger partial charge in [0, 0.05) is 24.8 Å². The monoisotopic (exact) mass is 976 g/mol. The van der Waals surface area contributed by atoms with E-state index < -0.39 is 78.7 Å². The van der Waals surface area contributed by atoms with Crippen LogP contribution in [0.3, 0.4) is 0 Å². The van der Waals surface area contributed by atoms with Gasteiger partial charge in [0.1, 0.15) is 11.2 Å². The molecular formula is C44H82Na2O16S2. The Bertz CT molecular complexity index is 1290. The van der Waals surface area contributed by atoms with E-state index in [0.717, 1.165) is 103 Å². The third-order valence-electron chi connectivity index (χ3n) is 10.8. The van der Waals surface area contributed by atoms with Gasteiger partial charge in [-0.3, -0.25) is 18.9 Å². The molecule has 0 heterocycles. The van der Waals surface area contributed by atoms with Crippen molar-refractivity contribution in [2.24, 2.45) is 0 Å². The van der Waals surface area contributed by atoms with Crippen molar-refractivity contribution in [1.29, 1.82) is 0 Å². The van der Waals surface area contributed by atoms with E-state index >= 15 is 0 Å². The summed E-state index contributed by atoms with van der Waals surface area (Å²) in [7, 11) is -9.92. The van der Waals surface area contributed by atoms with E-state index in [4.69, 9.17) is 28.7 Å². The van der Waals surface area contributed by atoms with E-state index in [2.05, 4.69) is 27.7 Å². The van der Waals surface area contributed by atoms with Crippen molar-refractivity contribution in [3.63, 3.8) is 0 Å². The van der Waals surface area contributed by atoms with Gasteiger partial charge in [-0.15, -0.1) is 0 Å². The van der Waals surface area contributed by atoms with Crippen LogP contribution >= 0.6 is 0 Å². The van der Waals surface area contributed by atoms with E-state index in [9.17, 15) is 46.2 Å². The molecule has 0 rings (SSSR count). The number of carbonyl (C=O) groups is 4. The molecule has 0 aliphatic rings. The molecule has 0 spiro atoms. The molecule has 0 bridgehead atoms. The molecule has 0 aromatic rings. The first-order valence-electron chi connectivity index (χ1n) is 23.2. The molecule has 64 heavy (non-hydrogen) atoms. The standard InChI is InChI=1S/2C22H42O8S.2Na/c2*1-4-6-8-10-12-14-16-22(3,17-15-13-11-9-7-5-2)30-29-21(25)19(18-20(23)24)31(26,27)28;;/h2*19H,4-18H2,1-3H3,(H,23,24)(H,26,27,28);;/q;;2*+1/p-2. The molecule has 2 unspecified atom stereocenters. The number of hydrogen-bond acceptors (Lipinski definition) is 14. The van der Waals surface area contributed by atoms with E-state index in [1.807, 2.05) is 0 Å². The van der Waals surface area contributed by atoms with Gasteiger partial charge in [0.15, 0.2) is 10.5 Å². The second kappa shape index (κ2) is 41.6. The van der Waals surface area contributed by atoms with Gasteiger partial charge in [0.05, 0.1) is 0 Å². The predicted octanol–water partition coefficient (Wildman–Crippen LogP) is 2.24. The SMILES string of the molecule is CCCCCCCCC(C)(CCCCCCCC)OOC(=O)C(CC(=O)[O-])S(=O)(=O)O.CCCCCCCCC(C)(CCCCCCCC)OOC(=O)C(CC(=O)[O-])S(=O)(=O)O.[Na+].[Na+]. The van der Waals surface area contributed by atoms with Gasteiger partial charge in [-0.05, 0) is 39.5 Å². The number of hydrogen-bond donors (Lipinski definition) is 2. The van der Waals surface area contributed by atoms with E-state index in [1.54, 1.807) is 13.8 Å². The van der Waals surface area contributed by atoms with Crippen LogP contribution in [0.2, 0.25) is 0 Å². The van der Waals surface area contributed by atoms with Gasteiger partial charge in [-0.1, -0.05) is 182 Å². The topological polar surface area (TPSA) is 260 Å². The van der Waals surface area contributed by atoms with Crippen molar-refractivity contribution in [2.75, 3.05) is 0 Å². The third-order valence-corrected chi connectivity index (χ3v) is 13.0. The number of carbonyl (C=O) groups excluding carboxylic acids is 4. The van der Waals surface area contributed by atoms with E-state index in [0.29, 0.717) is 25.7 Å². The zero-order valence-electron chi connectivity index (χ0n) is 40.8. The summed E-state index contributed by atoms with van der Waals surface area (Å²) >= 11 is 0. The number of rotatable bonds is 40. The zero-order chi connectivity index (χ0) is 47.5. The quantitative estimate of drug-likeness (QED) is 0.0293. The fourth-order valence-electron chi connectivity index (χ4n) is 6.85. The Morgan fingerprint density at radius 3 is 0.828 bits per heavy atom. The second-order valence-corrected chi connectivity index (χ2v) is 20.3. The minimum Gasteiger partial charge on any atom is -0.550 e. The number of unbranched alkanes of at least 4 members (excludes halogenated alkanes) is 20. The molecular weight excluding hydrogens is 895 g/mol. The van der Waals surface area contributed by atoms with Crippen LogP contribution in [0, 0.1) is 0 Å². The van der Waals surface area contributed by atoms with Crippen LogP contribution in [-0.4, -0.2) is 71.5 Å². The van der Waals surface area contributed by atoms with Gasteiger partial charge in [-0.2, -0.15) is 26.6 Å². The van der Waals surface area contributed by atoms with Crippen molar-refractivity contribution in [3.05, 3.63) is 0 Å². The fourth-order valence-corrected chi connectivity index (χ4v) is 8.11. The molecule has 0 saturated carbocycles. The molecule has 0 aliphatic heterocycles. The number of aliphatic carboxylic acids is 2. The Morgan fingerprint density at radius 1 is 0.438 bits per heavy atom. The van der Waals surface area contributed by atoms with Gasteiger partial charge in [-0.25, -0.2) is 9.59 Å². The Morgan fingerprint density at radius 2 is 0.641 bits per heavy atom. The normalized spacial score (nSPS) is 12.8. The second-order valence-electron chi connectivity index (χ2n) is 17.1. The van der Waals surface area contributed by atoms with E-state index in [1.165, 1.54) is 51.4 Å². The van der Waals surface area contributed by atoms with Crippen molar-refractivity contribution >= 4 is 44.1 Å². The molecule has 368 valence electrons. The summed E-state index contributed by atoms with van der Waals surface area (Å²) in [6, 6.07) is 0. The van der Waals surface area contributed by atoms with Crippen LogP contribution in [0.4, 0.5) is 0 Å². The summed E-state index contributed by atoms with van der Waals surface area (Å²) < 4.78 is 63.6. The minimum absolute atomic E-state index is 0. The molecule has 2 atom stereocenters. The van der Waals surface area contributed by atoms with Crippen molar-refractivity contribution < 1.29 is 134 Å². The molecule has 0 radical (unpaired) electrons. The minimum atomic E-state index is -4.96. The third kappa shape index (κ3) is 39.6. The molecule has 0 aliphatic carbocycles. The summed E-state index contributed by atoms with van der Waals surface area (Å²) in [4.78, 5) is 65.8. The van der Waals surface area contributed by atoms with Crippen LogP contribution < -0.4 is 69.3 Å². The molecule has 0 saturated heterocycles. The summed E-state index contributed by atoms with van der Waals surface area (Å²) in [6.45, 7) is 12.2. The molecule has 0 aromatic carbocycles. The maximum atomic E-state index is 12.1. The summed E-state index contributed by atoms with van der Waals surface area (Å²) in [5.41, 5.74) is -1.62. The zero-order valence-corrected chi connectivity index (χ0v) is 46.4. The van der Waals surface area contributed by atoms with Crippen molar-refractivity contribution in [2.45, 2.75) is 256 Å². The van der Waals surface area contributed by atoms with Crippen LogP contribution in [0.25, 0.3) is 0 Å². The van der Waals surface area contributed by atoms with Crippen LogP contribution in [0.1, 0.15) is 234 Å². The molecule has 0 aromatic heterocycles. The largest absolute Gasteiger partial charge is 1.00 e. The summed E-state index contributed by atoms with van der Waals surface area (Å²) in [6.07, 6.45) is 26.2. The van der Waals surface area contributed by atoms with Crippen LogP contribution in [-0.2, 0) is 59.0 Å². The van der Waals surface area contributed by atoms with Gasteiger partial charge in [0.2, 0.25) is 0 Å². The predicted molar refractivity (Wildman–Crippen MR) is 233 cm³/mol. The van der Waals surface area contributed by atoms with Crippen molar-refractivity contribution in [1.82, 2.24) is 0 Å².